The zero-order valence-electron chi connectivity index (χ0n) is 14.0. The van der Waals surface area contributed by atoms with E-state index in [0.717, 1.165) is 34.0 Å². The second-order valence-electron chi connectivity index (χ2n) is 5.79. The smallest absolute Gasteiger partial charge is 0.138 e. The second kappa shape index (κ2) is 6.60. The molecule has 0 saturated carbocycles. The van der Waals surface area contributed by atoms with Crippen molar-refractivity contribution in [1.82, 2.24) is 25.0 Å². The second-order valence-corrected chi connectivity index (χ2v) is 6.68. The molecule has 4 aromatic rings. The van der Waals surface area contributed by atoms with Crippen molar-refractivity contribution < 1.29 is 0 Å². The summed E-state index contributed by atoms with van der Waals surface area (Å²) in [5.41, 5.74) is 2.17. The summed E-state index contributed by atoms with van der Waals surface area (Å²) in [5, 5.41) is 14.5. The molecule has 7 heteroatoms. The van der Waals surface area contributed by atoms with E-state index in [2.05, 4.69) is 63.0 Å². The lowest BCUT2D eigenvalue weighted by molar-refractivity contribution is 0.800. The number of hydrogen-bond donors (Lipinski definition) is 1. The van der Waals surface area contributed by atoms with Crippen molar-refractivity contribution in [2.24, 2.45) is 0 Å². The first-order valence-electron chi connectivity index (χ1n) is 8.22. The van der Waals surface area contributed by atoms with Gasteiger partial charge in [0.15, 0.2) is 0 Å². The minimum absolute atomic E-state index is 0.132. The van der Waals surface area contributed by atoms with Gasteiger partial charge in [-0.3, -0.25) is 0 Å². The van der Waals surface area contributed by atoms with Gasteiger partial charge in [-0.1, -0.05) is 24.3 Å². The van der Waals surface area contributed by atoms with Crippen LogP contribution in [0.5, 0.6) is 0 Å². The van der Waals surface area contributed by atoms with Crippen molar-refractivity contribution >= 4 is 27.4 Å². The number of nitrogens with one attached hydrogen (secondary N) is 1. The highest BCUT2D eigenvalue weighted by molar-refractivity contribution is 7.16. The van der Waals surface area contributed by atoms with Crippen LogP contribution in [0, 0.1) is 0 Å². The highest BCUT2D eigenvalue weighted by Gasteiger charge is 2.12. The molecule has 4 rings (SSSR count). The van der Waals surface area contributed by atoms with Crippen LogP contribution in [0.2, 0.25) is 0 Å². The van der Waals surface area contributed by atoms with E-state index in [0.29, 0.717) is 0 Å². The molecule has 1 unspecified atom stereocenters. The van der Waals surface area contributed by atoms with E-state index in [-0.39, 0.29) is 6.04 Å². The summed E-state index contributed by atoms with van der Waals surface area (Å²) in [6.07, 6.45) is 4.32. The van der Waals surface area contributed by atoms with E-state index in [4.69, 9.17) is 0 Å². The van der Waals surface area contributed by atoms with Gasteiger partial charge in [-0.15, -0.1) is 16.4 Å². The summed E-state index contributed by atoms with van der Waals surface area (Å²) < 4.78 is 1.74. The molecule has 1 N–H and O–H groups in total. The zero-order valence-corrected chi connectivity index (χ0v) is 14.9. The molecule has 0 spiro atoms. The van der Waals surface area contributed by atoms with Gasteiger partial charge in [0.25, 0.3) is 0 Å². The maximum atomic E-state index is 4.68. The average molecular weight is 350 g/mol. The number of thiophene rings is 1. The van der Waals surface area contributed by atoms with Crippen molar-refractivity contribution in [3.05, 3.63) is 59.5 Å². The van der Waals surface area contributed by atoms with Crippen LogP contribution in [0.4, 0.5) is 5.82 Å². The molecule has 0 bridgehead atoms. The van der Waals surface area contributed by atoms with Crippen molar-refractivity contribution in [1.29, 1.82) is 0 Å². The van der Waals surface area contributed by atoms with Crippen LogP contribution in [-0.4, -0.2) is 25.0 Å². The van der Waals surface area contributed by atoms with Crippen LogP contribution in [0.15, 0.2) is 48.1 Å². The van der Waals surface area contributed by atoms with E-state index in [1.165, 1.54) is 5.56 Å². The van der Waals surface area contributed by atoms with Crippen molar-refractivity contribution in [2.45, 2.75) is 26.3 Å². The lowest BCUT2D eigenvalue weighted by atomic mass is 10.1. The average Bonchev–Trinajstić information content (AvgIpc) is 3.33. The zero-order chi connectivity index (χ0) is 17.2. The van der Waals surface area contributed by atoms with Crippen LogP contribution in [0.3, 0.4) is 0 Å². The van der Waals surface area contributed by atoms with Gasteiger partial charge >= 0.3 is 0 Å². The first kappa shape index (κ1) is 15.7. The highest BCUT2D eigenvalue weighted by Crippen LogP contribution is 2.28. The molecule has 0 aliphatic heterocycles. The Balaban J connectivity index is 1.59. The third kappa shape index (κ3) is 3.10. The largest absolute Gasteiger partial charge is 0.363 e. The molecular weight excluding hydrogens is 332 g/mol. The fraction of sp³-hybridized carbons (Fsp3) is 0.222. The molecule has 0 saturated heterocycles. The van der Waals surface area contributed by atoms with E-state index >= 15 is 0 Å². The van der Waals surface area contributed by atoms with Crippen molar-refractivity contribution in [2.75, 3.05) is 5.32 Å². The number of nitrogens with zero attached hydrogens (tertiary/aromatic N) is 5. The van der Waals surface area contributed by atoms with Gasteiger partial charge in [-0.25, -0.2) is 14.6 Å². The lowest BCUT2D eigenvalue weighted by Gasteiger charge is -2.16. The fourth-order valence-electron chi connectivity index (χ4n) is 2.72. The molecule has 0 aliphatic rings. The third-order valence-electron chi connectivity index (χ3n) is 4.12. The van der Waals surface area contributed by atoms with E-state index in [1.807, 2.05) is 18.3 Å². The standard InChI is InChI=1S/C18H18N6S/c1-3-16-21-17(15-8-11-25-18(15)22-16)20-12(2)13-4-6-14(7-5-13)24-10-9-19-23-24/h4-12H,3H2,1-2H3,(H,20,21,22). The summed E-state index contributed by atoms with van der Waals surface area (Å²) in [6, 6.07) is 10.5. The van der Waals surface area contributed by atoms with Gasteiger partial charge in [-0.05, 0) is 36.1 Å². The predicted octanol–water partition coefficient (Wildman–Crippen LogP) is 4.01. The van der Waals surface area contributed by atoms with Crippen molar-refractivity contribution in [3.8, 4) is 5.69 Å². The quantitative estimate of drug-likeness (QED) is 0.589. The number of aryl methyl sites for hydroxylation is 1. The Kier molecular flexibility index (Phi) is 4.15. The van der Waals surface area contributed by atoms with Crippen LogP contribution in [0.25, 0.3) is 15.9 Å². The summed E-state index contributed by atoms with van der Waals surface area (Å²) >= 11 is 1.65. The summed E-state index contributed by atoms with van der Waals surface area (Å²) in [7, 11) is 0. The van der Waals surface area contributed by atoms with Gasteiger partial charge in [-0.2, -0.15) is 0 Å². The number of hydrogen-bond acceptors (Lipinski definition) is 6. The molecule has 25 heavy (non-hydrogen) atoms. The Bertz CT molecular complexity index is 975. The number of aromatic nitrogens is 5. The molecule has 6 nitrogen and oxygen atoms in total. The molecule has 0 amide bonds. The monoisotopic (exact) mass is 350 g/mol. The van der Waals surface area contributed by atoms with Gasteiger partial charge in [0.1, 0.15) is 16.5 Å². The molecule has 0 aliphatic carbocycles. The number of fused-ring (bicyclic) bond motifs is 1. The third-order valence-corrected chi connectivity index (χ3v) is 4.93. The number of anilines is 1. The first-order valence-corrected chi connectivity index (χ1v) is 9.10. The van der Waals surface area contributed by atoms with Gasteiger partial charge in [0, 0.05) is 12.5 Å². The lowest BCUT2D eigenvalue weighted by Crippen LogP contribution is -2.10. The first-order chi connectivity index (χ1) is 12.2. The van der Waals surface area contributed by atoms with Gasteiger partial charge < -0.3 is 5.32 Å². The topological polar surface area (TPSA) is 68.5 Å². The molecule has 1 aromatic carbocycles. The SMILES string of the molecule is CCc1nc(NC(C)c2ccc(-n3ccnn3)cc2)c2ccsc2n1. The molecule has 0 radical (unpaired) electrons. The van der Waals surface area contributed by atoms with Crippen LogP contribution in [-0.2, 0) is 6.42 Å². The Morgan fingerprint density at radius 1 is 1.16 bits per heavy atom. The van der Waals surface area contributed by atoms with Crippen LogP contribution >= 0.6 is 11.3 Å². The maximum Gasteiger partial charge on any atom is 0.138 e. The summed E-state index contributed by atoms with van der Waals surface area (Å²) in [6.45, 7) is 4.21. The summed E-state index contributed by atoms with van der Waals surface area (Å²) in [5.74, 6) is 1.77. The molecule has 3 heterocycles. The highest BCUT2D eigenvalue weighted by atomic mass is 32.1. The normalized spacial score (nSPS) is 12.4. The fourth-order valence-corrected chi connectivity index (χ4v) is 3.50. The van der Waals surface area contributed by atoms with Crippen LogP contribution in [0.1, 0.15) is 31.3 Å². The number of rotatable bonds is 5. The minimum atomic E-state index is 0.132. The molecule has 3 aromatic heterocycles. The Labute approximate surface area is 149 Å². The summed E-state index contributed by atoms with van der Waals surface area (Å²) in [4.78, 5) is 10.3. The molecular formula is C18H18N6S. The number of benzene rings is 1. The Morgan fingerprint density at radius 3 is 2.72 bits per heavy atom. The molecule has 0 fully saturated rings. The van der Waals surface area contributed by atoms with Crippen LogP contribution < -0.4 is 5.32 Å². The van der Waals surface area contributed by atoms with Gasteiger partial charge in [0.2, 0.25) is 0 Å². The Hall–Kier alpha value is -2.80. The maximum absolute atomic E-state index is 4.68. The predicted molar refractivity (Wildman–Crippen MR) is 100 cm³/mol. The minimum Gasteiger partial charge on any atom is -0.363 e. The Morgan fingerprint density at radius 2 is 2.00 bits per heavy atom. The van der Waals surface area contributed by atoms with Gasteiger partial charge in [0.05, 0.1) is 23.5 Å². The van der Waals surface area contributed by atoms with E-state index in [1.54, 1.807) is 22.2 Å². The molecule has 1 atom stereocenters. The van der Waals surface area contributed by atoms with Crippen molar-refractivity contribution in [3.63, 3.8) is 0 Å². The molecule has 126 valence electrons. The van der Waals surface area contributed by atoms with E-state index in [9.17, 15) is 0 Å². The van der Waals surface area contributed by atoms with E-state index < -0.39 is 0 Å².